The van der Waals surface area contributed by atoms with E-state index in [1.54, 1.807) is 0 Å². The van der Waals surface area contributed by atoms with Gasteiger partial charge in [-0.1, -0.05) is 4.49 Å². The van der Waals surface area contributed by atoms with Gasteiger partial charge in [0.2, 0.25) is 0 Å². The molecule has 92 valence electrons. The highest BCUT2D eigenvalue weighted by Gasteiger charge is 2.32. The molecule has 2 fully saturated rings. The van der Waals surface area contributed by atoms with Crippen molar-refractivity contribution in [3.05, 3.63) is 10.6 Å². The number of hydrogen-bond donors (Lipinski definition) is 1. The normalized spacial score (nSPS) is 28.2. The monoisotopic (exact) mass is 252 g/mol. The molecule has 1 N–H and O–H groups in total. The van der Waals surface area contributed by atoms with Crippen LogP contribution in [0.25, 0.3) is 0 Å². The van der Waals surface area contributed by atoms with Gasteiger partial charge >= 0.3 is 0 Å². The maximum Gasteiger partial charge on any atom is 0.267 e. The first-order valence-electron chi connectivity index (χ1n) is 6.08. The molecule has 5 nitrogen and oxygen atoms in total. The first-order chi connectivity index (χ1) is 8.24. The Kier molecular flexibility index (Phi) is 2.84. The van der Waals surface area contributed by atoms with Crippen LogP contribution in [0.5, 0.6) is 0 Å². The minimum absolute atomic E-state index is 0.104. The van der Waals surface area contributed by atoms with E-state index in [1.165, 1.54) is 24.4 Å². The lowest BCUT2D eigenvalue weighted by atomic mass is 10.1. The number of aromatic nitrogens is 2. The number of nitrogens with one attached hydrogen (secondary N) is 1. The second kappa shape index (κ2) is 4.34. The minimum atomic E-state index is 0.104. The van der Waals surface area contributed by atoms with Crippen LogP contribution in [-0.2, 0) is 0 Å². The third-order valence-corrected chi connectivity index (χ3v) is 4.47. The average Bonchev–Trinajstić information content (AvgIpc) is 2.84. The predicted molar refractivity (Wildman–Crippen MR) is 65.1 cm³/mol. The third-order valence-electron chi connectivity index (χ3n) is 3.66. The van der Waals surface area contributed by atoms with Crippen molar-refractivity contribution in [3.8, 4) is 0 Å². The molecule has 1 aromatic heterocycles. The maximum atomic E-state index is 12.3. The topological polar surface area (TPSA) is 58.1 Å². The van der Waals surface area contributed by atoms with E-state index in [-0.39, 0.29) is 5.91 Å². The lowest BCUT2D eigenvalue weighted by Crippen LogP contribution is -2.39. The van der Waals surface area contributed by atoms with Crippen molar-refractivity contribution < 1.29 is 4.79 Å². The first-order valence-corrected chi connectivity index (χ1v) is 6.85. The van der Waals surface area contributed by atoms with Crippen molar-refractivity contribution in [1.82, 2.24) is 19.8 Å². The second-order valence-electron chi connectivity index (χ2n) is 4.87. The Labute approximate surface area is 104 Å². The summed E-state index contributed by atoms with van der Waals surface area (Å²) in [5.74, 6) is 0.104. The number of carbonyl (C=O) groups excluding carboxylic acids is 1. The van der Waals surface area contributed by atoms with Crippen molar-refractivity contribution >= 4 is 17.4 Å². The van der Waals surface area contributed by atoms with Gasteiger partial charge in [-0.2, -0.15) is 0 Å². The molecule has 2 aliphatic rings. The van der Waals surface area contributed by atoms with Crippen molar-refractivity contribution in [2.45, 2.75) is 38.3 Å². The Hall–Kier alpha value is -1.01. The number of rotatable bonds is 1. The molecule has 2 saturated heterocycles. The largest absolute Gasteiger partial charge is 0.336 e. The summed E-state index contributed by atoms with van der Waals surface area (Å²) in [6.07, 6.45) is 3.51. The summed E-state index contributed by atoms with van der Waals surface area (Å²) < 4.78 is 3.84. The molecular weight excluding hydrogens is 236 g/mol. The number of fused-ring (bicyclic) bond motifs is 2. The fourth-order valence-electron chi connectivity index (χ4n) is 2.70. The van der Waals surface area contributed by atoms with Crippen LogP contribution in [0, 0.1) is 6.92 Å². The Bertz CT molecular complexity index is 433. The number of hydrogen-bond acceptors (Lipinski definition) is 5. The first kappa shape index (κ1) is 11.1. The number of nitrogens with zero attached hydrogens (tertiary/aromatic N) is 3. The number of likely N-dealkylation sites (tertiary alicyclic amines) is 1. The van der Waals surface area contributed by atoms with Gasteiger partial charge in [0.15, 0.2) is 0 Å². The van der Waals surface area contributed by atoms with Crippen LogP contribution >= 0.6 is 11.5 Å². The Morgan fingerprint density at radius 1 is 1.41 bits per heavy atom. The molecule has 6 heteroatoms. The molecule has 3 heterocycles. The zero-order valence-electron chi connectivity index (χ0n) is 9.85. The molecule has 2 aliphatic heterocycles. The van der Waals surface area contributed by atoms with E-state index in [9.17, 15) is 4.79 Å². The van der Waals surface area contributed by atoms with Crippen LogP contribution in [0.1, 0.15) is 34.6 Å². The summed E-state index contributed by atoms with van der Waals surface area (Å²) in [7, 11) is 0. The molecule has 0 aromatic carbocycles. The zero-order valence-corrected chi connectivity index (χ0v) is 10.7. The van der Waals surface area contributed by atoms with E-state index < -0.39 is 0 Å². The highest BCUT2D eigenvalue weighted by Crippen LogP contribution is 2.22. The summed E-state index contributed by atoms with van der Waals surface area (Å²) in [5.41, 5.74) is 0.752. The van der Waals surface area contributed by atoms with E-state index in [2.05, 4.69) is 14.9 Å². The third kappa shape index (κ3) is 2.07. The SMILES string of the molecule is Cc1nnsc1C(=O)N1CCC2CCC(C1)N2. The van der Waals surface area contributed by atoms with Crippen LogP contribution in [0.4, 0.5) is 0 Å². The van der Waals surface area contributed by atoms with E-state index in [4.69, 9.17) is 0 Å². The van der Waals surface area contributed by atoms with E-state index in [0.717, 1.165) is 25.2 Å². The predicted octanol–water partition coefficient (Wildman–Crippen LogP) is 0.813. The van der Waals surface area contributed by atoms with Crippen LogP contribution in [0.15, 0.2) is 0 Å². The molecule has 2 unspecified atom stereocenters. The van der Waals surface area contributed by atoms with Crippen molar-refractivity contribution in [1.29, 1.82) is 0 Å². The van der Waals surface area contributed by atoms with Gasteiger partial charge in [0.25, 0.3) is 5.91 Å². The number of amides is 1. The van der Waals surface area contributed by atoms with Crippen LogP contribution < -0.4 is 5.32 Å². The molecule has 1 aromatic rings. The smallest absolute Gasteiger partial charge is 0.267 e. The van der Waals surface area contributed by atoms with Gasteiger partial charge in [0, 0.05) is 25.2 Å². The lowest BCUT2D eigenvalue weighted by molar-refractivity contribution is 0.0752. The van der Waals surface area contributed by atoms with E-state index in [0.29, 0.717) is 17.0 Å². The average molecular weight is 252 g/mol. The molecule has 2 atom stereocenters. The summed E-state index contributed by atoms with van der Waals surface area (Å²) in [5, 5.41) is 7.49. The fourth-order valence-corrected chi connectivity index (χ4v) is 3.32. The van der Waals surface area contributed by atoms with E-state index >= 15 is 0 Å². The molecule has 0 aliphatic carbocycles. The molecule has 1 amide bonds. The standard InChI is InChI=1S/C11H16N4OS/c1-7-10(17-14-13-7)11(16)15-5-4-8-2-3-9(6-15)12-8/h8-9,12H,2-6H2,1H3. The quantitative estimate of drug-likeness (QED) is 0.803. The van der Waals surface area contributed by atoms with E-state index in [1.807, 2.05) is 11.8 Å². The molecule has 0 radical (unpaired) electrons. The van der Waals surface area contributed by atoms with Gasteiger partial charge in [0.1, 0.15) is 4.88 Å². The molecule has 3 rings (SSSR count). The van der Waals surface area contributed by atoms with Gasteiger partial charge in [0.05, 0.1) is 5.69 Å². The molecule has 2 bridgehead atoms. The fraction of sp³-hybridized carbons (Fsp3) is 0.727. The van der Waals surface area contributed by atoms with Crippen molar-refractivity contribution in [3.63, 3.8) is 0 Å². The number of carbonyl (C=O) groups is 1. The van der Waals surface area contributed by atoms with Gasteiger partial charge in [-0.25, -0.2) is 0 Å². The summed E-state index contributed by atoms with van der Waals surface area (Å²) >= 11 is 1.21. The van der Waals surface area contributed by atoms with Gasteiger partial charge < -0.3 is 10.2 Å². The summed E-state index contributed by atoms with van der Waals surface area (Å²) in [4.78, 5) is 15.0. The lowest BCUT2D eigenvalue weighted by Gasteiger charge is -2.23. The number of aryl methyl sites for hydroxylation is 1. The highest BCUT2D eigenvalue weighted by molar-refractivity contribution is 7.07. The van der Waals surface area contributed by atoms with Crippen molar-refractivity contribution in [2.75, 3.05) is 13.1 Å². The molecule has 0 spiro atoms. The minimum Gasteiger partial charge on any atom is -0.336 e. The van der Waals surface area contributed by atoms with Gasteiger partial charge in [-0.05, 0) is 37.7 Å². The Balaban J connectivity index is 1.76. The summed E-state index contributed by atoms with van der Waals surface area (Å²) in [6.45, 7) is 3.52. The molecule has 17 heavy (non-hydrogen) atoms. The Morgan fingerprint density at radius 3 is 3.00 bits per heavy atom. The van der Waals surface area contributed by atoms with Gasteiger partial charge in [-0.3, -0.25) is 4.79 Å². The maximum absolute atomic E-state index is 12.3. The van der Waals surface area contributed by atoms with Crippen LogP contribution in [0.2, 0.25) is 0 Å². The molecular formula is C11H16N4OS. The second-order valence-corrected chi connectivity index (χ2v) is 5.62. The van der Waals surface area contributed by atoms with Gasteiger partial charge in [-0.15, -0.1) is 5.10 Å². The van der Waals surface area contributed by atoms with Crippen LogP contribution in [-0.4, -0.2) is 45.6 Å². The summed E-state index contributed by atoms with van der Waals surface area (Å²) in [6, 6.07) is 1.09. The highest BCUT2D eigenvalue weighted by atomic mass is 32.1. The zero-order chi connectivity index (χ0) is 11.8. The van der Waals surface area contributed by atoms with Crippen molar-refractivity contribution in [2.24, 2.45) is 0 Å². The molecule has 0 saturated carbocycles. The van der Waals surface area contributed by atoms with Crippen LogP contribution in [0.3, 0.4) is 0 Å². The Morgan fingerprint density at radius 2 is 2.24 bits per heavy atom.